The van der Waals surface area contributed by atoms with E-state index in [4.69, 9.17) is 4.74 Å². The maximum Gasteiger partial charge on any atom is 0.232 e. The molecule has 1 saturated heterocycles. The fourth-order valence-electron chi connectivity index (χ4n) is 4.50. The van der Waals surface area contributed by atoms with Gasteiger partial charge in [-0.2, -0.15) is 0 Å². The van der Waals surface area contributed by atoms with Crippen molar-refractivity contribution in [3.05, 3.63) is 65.7 Å². The summed E-state index contributed by atoms with van der Waals surface area (Å²) in [5.74, 6) is 0.724. The van der Waals surface area contributed by atoms with Gasteiger partial charge in [-0.25, -0.2) is 0 Å². The zero-order valence-electron chi connectivity index (χ0n) is 19.2. The van der Waals surface area contributed by atoms with Crippen molar-refractivity contribution in [1.29, 1.82) is 0 Å². The van der Waals surface area contributed by atoms with E-state index in [1.807, 2.05) is 87.4 Å². The van der Waals surface area contributed by atoms with Gasteiger partial charge in [0.2, 0.25) is 5.91 Å². The molecule has 1 fully saturated rings. The summed E-state index contributed by atoms with van der Waals surface area (Å²) >= 11 is 0. The molecule has 2 atom stereocenters. The minimum absolute atomic E-state index is 0. The van der Waals surface area contributed by atoms with E-state index >= 15 is 0 Å². The number of aliphatic hydroxyl groups is 1. The first kappa shape index (κ1) is 25.2. The Labute approximate surface area is 192 Å². The van der Waals surface area contributed by atoms with Crippen LogP contribution in [0.3, 0.4) is 0 Å². The molecule has 0 bridgehead atoms. The second-order valence-corrected chi connectivity index (χ2v) is 9.11. The minimum Gasteiger partial charge on any atom is -0.497 e. The largest absolute Gasteiger partial charge is 0.497 e. The second-order valence-electron chi connectivity index (χ2n) is 9.11. The lowest BCUT2D eigenvalue weighted by Crippen LogP contribution is -2.57. The van der Waals surface area contributed by atoms with E-state index in [2.05, 4.69) is 4.90 Å². The first-order valence-corrected chi connectivity index (χ1v) is 10.5. The number of hydrogen-bond acceptors (Lipinski definition) is 4. The summed E-state index contributed by atoms with van der Waals surface area (Å²) in [5, 5.41) is 11.8. The molecule has 170 valence electrons. The predicted molar refractivity (Wildman–Crippen MR) is 127 cm³/mol. The molecule has 0 radical (unpaired) electrons. The molecule has 31 heavy (non-hydrogen) atoms. The van der Waals surface area contributed by atoms with Crippen LogP contribution in [-0.4, -0.2) is 61.7 Å². The topological polar surface area (TPSA) is 53.0 Å². The molecule has 1 aliphatic heterocycles. The normalized spacial score (nSPS) is 21.5. The van der Waals surface area contributed by atoms with Crippen molar-refractivity contribution in [2.24, 2.45) is 5.92 Å². The van der Waals surface area contributed by atoms with Gasteiger partial charge < -0.3 is 19.6 Å². The molecule has 0 spiro atoms. The average molecular weight is 447 g/mol. The SMILES string of the molecule is COc1cccc(C2(O)CCN(C(=O)C(C)(C)c3ccccc3)CC2CN(C)C)c1.Cl. The molecule has 0 aromatic heterocycles. The van der Waals surface area contributed by atoms with Crippen LogP contribution in [0.25, 0.3) is 0 Å². The number of ether oxygens (including phenoxy) is 1. The van der Waals surface area contributed by atoms with E-state index in [-0.39, 0.29) is 24.2 Å². The quantitative estimate of drug-likeness (QED) is 0.735. The van der Waals surface area contributed by atoms with Gasteiger partial charge in [-0.3, -0.25) is 4.79 Å². The summed E-state index contributed by atoms with van der Waals surface area (Å²) in [7, 11) is 5.63. The number of carbonyl (C=O) groups is 1. The third-order valence-electron chi connectivity index (χ3n) is 6.35. The summed E-state index contributed by atoms with van der Waals surface area (Å²) in [6.45, 7) is 5.68. The van der Waals surface area contributed by atoms with Gasteiger partial charge in [-0.15, -0.1) is 12.4 Å². The van der Waals surface area contributed by atoms with Crippen molar-refractivity contribution in [1.82, 2.24) is 9.80 Å². The number of rotatable bonds is 6. The van der Waals surface area contributed by atoms with E-state index < -0.39 is 11.0 Å². The molecule has 1 aliphatic rings. The lowest BCUT2D eigenvalue weighted by atomic mass is 9.74. The Morgan fingerprint density at radius 2 is 1.87 bits per heavy atom. The number of halogens is 1. The van der Waals surface area contributed by atoms with E-state index in [0.29, 0.717) is 26.1 Å². The van der Waals surface area contributed by atoms with Gasteiger partial charge in [0.25, 0.3) is 0 Å². The third kappa shape index (κ3) is 5.22. The maximum absolute atomic E-state index is 13.5. The lowest BCUT2D eigenvalue weighted by Gasteiger charge is -2.47. The van der Waals surface area contributed by atoms with Crippen LogP contribution in [0.5, 0.6) is 5.75 Å². The molecule has 3 rings (SSSR count). The Bertz CT molecular complexity index is 872. The lowest BCUT2D eigenvalue weighted by molar-refractivity contribution is -0.146. The van der Waals surface area contributed by atoms with Crippen molar-refractivity contribution in [2.75, 3.05) is 40.8 Å². The summed E-state index contributed by atoms with van der Waals surface area (Å²) in [6.07, 6.45) is 0.495. The van der Waals surface area contributed by atoms with E-state index in [9.17, 15) is 9.90 Å². The Hall–Kier alpha value is -2.08. The van der Waals surface area contributed by atoms with Crippen LogP contribution in [0, 0.1) is 5.92 Å². The molecule has 5 nitrogen and oxygen atoms in total. The van der Waals surface area contributed by atoms with Crippen LogP contribution in [0.1, 0.15) is 31.4 Å². The van der Waals surface area contributed by atoms with E-state index in [0.717, 1.165) is 16.9 Å². The van der Waals surface area contributed by atoms with Crippen LogP contribution in [0.15, 0.2) is 54.6 Å². The molecule has 2 aromatic rings. The number of hydrogen-bond donors (Lipinski definition) is 1. The fraction of sp³-hybridized carbons (Fsp3) is 0.480. The number of piperidine rings is 1. The number of carbonyl (C=O) groups excluding carboxylic acids is 1. The zero-order chi connectivity index (χ0) is 21.9. The average Bonchev–Trinajstić information content (AvgIpc) is 2.75. The summed E-state index contributed by atoms with van der Waals surface area (Å²) < 4.78 is 5.37. The van der Waals surface area contributed by atoms with Crippen LogP contribution in [0.2, 0.25) is 0 Å². The number of nitrogens with zero attached hydrogens (tertiary/aromatic N) is 2. The third-order valence-corrected chi connectivity index (χ3v) is 6.35. The molecule has 1 amide bonds. The van der Waals surface area contributed by atoms with Crippen LogP contribution in [-0.2, 0) is 15.8 Å². The van der Waals surface area contributed by atoms with Crippen molar-refractivity contribution in [3.8, 4) is 5.75 Å². The maximum atomic E-state index is 13.5. The van der Waals surface area contributed by atoms with Crippen LogP contribution in [0.4, 0.5) is 0 Å². The Kier molecular flexibility index (Phi) is 8.15. The predicted octanol–water partition coefficient (Wildman–Crippen LogP) is 3.69. The van der Waals surface area contributed by atoms with Crippen molar-refractivity contribution in [2.45, 2.75) is 31.3 Å². The van der Waals surface area contributed by atoms with Gasteiger partial charge in [0.15, 0.2) is 0 Å². The van der Waals surface area contributed by atoms with Crippen molar-refractivity contribution in [3.63, 3.8) is 0 Å². The second kappa shape index (κ2) is 10.0. The van der Waals surface area contributed by atoms with Gasteiger partial charge in [0.1, 0.15) is 5.75 Å². The smallest absolute Gasteiger partial charge is 0.232 e. The molecule has 0 saturated carbocycles. The number of amides is 1. The number of benzene rings is 2. The Balaban J connectivity index is 0.00000341. The van der Waals surface area contributed by atoms with Gasteiger partial charge in [-0.05, 0) is 57.6 Å². The summed E-state index contributed by atoms with van der Waals surface area (Å²) in [5.41, 5.74) is 0.234. The van der Waals surface area contributed by atoms with Crippen molar-refractivity contribution < 1.29 is 14.6 Å². The fourth-order valence-corrected chi connectivity index (χ4v) is 4.50. The zero-order valence-corrected chi connectivity index (χ0v) is 20.0. The highest BCUT2D eigenvalue weighted by Crippen LogP contribution is 2.40. The molecule has 0 aliphatic carbocycles. The Morgan fingerprint density at radius 3 is 2.48 bits per heavy atom. The molecule has 1 N–H and O–H groups in total. The standard InChI is InChI=1S/C25H34N2O3.ClH/c1-24(2,19-10-7-6-8-11-19)23(28)27-15-14-25(29,21(18-27)17-26(3)4)20-12-9-13-22(16-20)30-5;/h6-13,16,21,29H,14-15,17-18H2,1-5H3;1H. The minimum atomic E-state index is -1.01. The van der Waals surface area contributed by atoms with E-state index in [1.165, 1.54) is 0 Å². The van der Waals surface area contributed by atoms with Gasteiger partial charge in [-0.1, -0.05) is 42.5 Å². The van der Waals surface area contributed by atoms with Crippen molar-refractivity contribution >= 4 is 18.3 Å². The molecular weight excluding hydrogens is 412 g/mol. The molecular formula is C25H35ClN2O3. The molecule has 1 heterocycles. The number of likely N-dealkylation sites (tertiary alicyclic amines) is 1. The highest BCUT2D eigenvalue weighted by atomic mass is 35.5. The molecule has 6 heteroatoms. The first-order valence-electron chi connectivity index (χ1n) is 10.5. The highest BCUT2D eigenvalue weighted by Gasteiger charge is 2.46. The monoisotopic (exact) mass is 446 g/mol. The first-order chi connectivity index (χ1) is 14.2. The molecule has 2 aromatic carbocycles. The highest BCUT2D eigenvalue weighted by molar-refractivity contribution is 5.87. The summed E-state index contributed by atoms with van der Waals surface area (Å²) in [4.78, 5) is 17.5. The van der Waals surface area contributed by atoms with Gasteiger partial charge >= 0.3 is 0 Å². The molecule has 2 unspecified atom stereocenters. The van der Waals surface area contributed by atoms with E-state index in [1.54, 1.807) is 7.11 Å². The van der Waals surface area contributed by atoms with Crippen LogP contribution < -0.4 is 4.74 Å². The Morgan fingerprint density at radius 1 is 1.19 bits per heavy atom. The van der Waals surface area contributed by atoms with Gasteiger partial charge in [0.05, 0.1) is 18.1 Å². The number of methoxy groups -OCH3 is 1. The van der Waals surface area contributed by atoms with Crippen LogP contribution >= 0.6 is 12.4 Å². The van der Waals surface area contributed by atoms with Gasteiger partial charge in [0, 0.05) is 25.6 Å². The summed E-state index contributed by atoms with van der Waals surface area (Å²) in [6, 6.07) is 17.6.